The molecule has 14 atom stereocenters. The maximum atomic E-state index is 12.6. The van der Waals surface area contributed by atoms with Gasteiger partial charge in [0.15, 0.2) is 12.6 Å². The Balaban J connectivity index is 1.82. The second kappa shape index (κ2) is 14.0. The second-order valence-electron chi connectivity index (χ2n) is 10.1. The van der Waals surface area contributed by atoms with Gasteiger partial charge in [0, 0.05) is 12.6 Å². The number of rotatable bonds is 10. The van der Waals surface area contributed by atoms with Crippen molar-refractivity contribution in [1.82, 2.24) is 5.32 Å². The monoisotopic (exact) mass is 553 g/mol. The van der Waals surface area contributed by atoms with E-state index in [2.05, 4.69) is 5.32 Å². The Morgan fingerprint density at radius 2 is 1.66 bits per heavy atom. The Morgan fingerprint density at radius 1 is 0.974 bits per heavy atom. The number of ether oxygens (including phenoxy) is 4. The molecule has 1 amide bonds. The van der Waals surface area contributed by atoms with Gasteiger partial charge in [0.2, 0.25) is 5.91 Å². The van der Waals surface area contributed by atoms with E-state index in [9.17, 15) is 35.4 Å². The van der Waals surface area contributed by atoms with E-state index in [1.165, 1.54) is 0 Å². The van der Waals surface area contributed by atoms with E-state index in [4.69, 9.17) is 41.9 Å². The van der Waals surface area contributed by atoms with Gasteiger partial charge in [-0.3, -0.25) is 4.79 Å². The van der Waals surface area contributed by atoms with Crippen molar-refractivity contribution in [2.75, 3.05) is 19.7 Å². The molecule has 38 heavy (non-hydrogen) atoms. The summed E-state index contributed by atoms with van der Waals surface area (Å²) in [6.45, 7) is -0.378. The minimum Gasteiger partial charge on any atom is -0.394 e. The van der Waals surface area contributed by atoms with E-state index in [0.717, 1.165) is 0 Å². The summed E-state index contributed by atoms with van der Waals surface area (Å²) in [5.41, 5.74) is 23.3. The van der Waals surface area contributed by atoms with Gasteiger partial charge in [0.05, 0.1) is 24.8 Å². The summed E-state index contributed by atoms with van der Waals surface area (Å²) < 4.78 is 23.0. The molecule has 0 aromatic carbocycles. The molecule has 13 unspecified atom stereocenters. The van der Waals surface area contributed by atoms with Crippen molar-refractivity contribution in [1.29, 1.82) is 0 Å². The Hall–Kier alpha value is -1.09. The van der Waals surface area contributed by atoms with Crippen LogP contribution in [-0.2, 0) is 23.7 Å². The Labute approximate surface area is 220 Å². The molecular formula is C22H43N5O11. The highest BCUT2D eigenvalue weighted by Crippen LogP contribution is 2.31. The molecule has 3 fully saturated rings. The Bertz CT molecular complexity index is 754. The summed E-state index contributed by atoms with van der Waals surface area (Å²) in [5, 5.41) is 64.6. The lowest BCUT2D eigenvalue weighted by Gasteiger charge is -2.48. The van der Waals surface area contributed by atoms with Gasteiger partial charge >= 0.3 is 0 Å². The molecule has 2 saturated heterocycles. The highest BCUT2D eigenvalue weighted by molar-refractivity contribution is 5.80. The van der Waals surface area contributed by atoms with Gasteiger partial charge in [-0.15, -0.1) is 0 Å². The molecule has 3 rings (SSSR count). The molecule has 2 aliphatic heterocycles. The van der Waals surface area contributed by atoms with Crippen LogP contribution in [0.2, 0.25) is 0 Å². The van der Waals surface area contributed by atoms with Gasteiger partial charge in [-0.1, -0.05) is 0 Å². The van der Waals surface area contributed by atoms with Crippen LogP contribution >= 0.6 is 0 Å². The van der Waals surface area contributed by atoms with E-state index in [-0.39, 0.29) is 32.0 Å². The molecule has 222 valence electrons. The number of hydrogen-bond acceptors (Lipinski definition) is 15. The lowest BCUT2D eigenvalue weighted by Crippen LogP contribution is -2.69. The normalized spacial score (nSPS) is 44.9. The minimum atomic E-state index is -1.57. The van der Waals surface area contributed by atoms with E-state index in [1.54, 1.807) is 0 Å². The van der Waals surface area contributed by atoms with Crippen LogP contribution in [0.5, 0.6) is 0 Å². The van der Waals surface area contributed by atoms with Crippen molar-refractivity contribution in [3.8, 4) is 0 Å². The molecule has 1 saturated carbocycles. The summed E-state index contributed by atoms with van der Waals surface area (Å²) in [5.74, 6) is -0.782. The SMILES string of the molecule is NCC[C@@H](O)C(=O)NC1CC(N)C(OC2OC(CN)CCC2O)C(O)C1OC1OC(CO)C(O)C(N)C1O. The van der Waals surface area contributed by atoms with Crippen LogP contribution in [0.1, 0.15) is 25.7 Å². The Morgan fingerprint density at radius 3 is 2.29 bits per heavy atom. The number of carbonyl (C=O) groups is 1. The van der Waals surface area contributed by atoms with Gasteiger partial charge in [-0.2, -0.15) is 0 Å². The first kappa shape index (κ1) is 31.4. The number of amides is 1. The van der Waals surface area contributed by atoms with Crippen LogP contribution in [0.15, 0.2) is 0 Å². The number of nitrogens with one attached hydrogen (secondary N) is 1. The average molecular weight is 554 g/mol. The number of nitrogens with two attached hydrogens (primary N) is 4. The van der Waals surface area contributed by atoms with Crippen LogP contribution in [0, 0.1) is 0 Å². The molecular weight excluding hydrogens is 510 g/mol. The van der Waals surface area contributed by atoms with Gasteiger partial charge < -0.3 is 77.8 Å². The van der Waals surface area contributed by atoms with Crippen LogP contribution in [-0.4, -0.2) is 142 Å². The number of hydrogen-bond donors (Lipinski definition) is 11. The standard InChI is InChI=1S/C22H43N5O11/c23-4-3-11(29)20(34)27-10-5-9(25)18(37-21-12(30)2-1-8(6-24)35-21)17(33)19(10)38-22-16(32)14(26)15(31)13(7-28)36-22/h8-19,21-22,28-33H,1-7,23-26H2,(H,27,34)/t8?,9?,10?,11-,12?,13?,14?,15?,16?,17?,18?,19?,21?,22?/m1/s1. The van der Waals surface area contributed by atoms with E-state index in [0.29, 0.717) is 12.8 Å². The molecule has 0 bridgehead atoms. The van der Waals surface area contributed by atoms with Gasteiger partial charge in [0.1, 0.15) is 48.8 Å². The van der Waals surface area contributed by atoms with Crippen molar-refractivity contribution in [2.45, 2.75) is 111 Å². The third kappa shape index (κ3) is 7.15. The van der Waals surface area contributed by atoms with E-state index >= 15 is 0 Å². The van der Waals surface area contributed by atoms with Crippen LogP contribution in [0.25, 0.3) is 0 Å². The molecule has 0 radical (unpaired) electrons. The first-order chi connectivity index (χ1) is 18.0. The first-order valence-electron chi connectivity index (χ1n) is 12.9. The third-order valence-electron chi connectivity index (χ3n) is 7.30. The maximum absolute atomic E-state index is 12.6. The third-order valence-corrected chi connectivity index (χ3v) is 7.30. The molecule has 0 aromatic rings. The maximum Gasteiger partial charge on any atom is 0.249 e. The highest BCUT2D eigenvalue weighted by Gasteiger charge is 2.51. The quantitative estimate of drug-likeness (QED) is 0.120. The van der Waals surface area contributed by atoms with Crippen molar-refractivity contribution >= 4 is 5.91 Å². The summed E-state index contributed by atoms with van der Waals surface area (Å²) in [6.07, 6.45) is -12.8. The first-order valence-corrected chi connectivity index (χ1v) is 12.9. The second-order valence-corrected chi connectivity index (χ2v) is 10.1. The minimum absolute atomic E-state index is 0.0149. The van der Waals surface area contributed by atoms with Gasteiger partial charge in [-0.05, 0) is 32.2 Å². The van der Waals surface area contributed by atoms with Gasteiger partial charge in [-0.25, -0.2) is 0 Å². The molecule has 2 heterocycles. The molecule has 16 heteroatoms. The fourth-order valence-corrected chi connectivity index (χ4v) is 4.98. The summed E-state index contributed by atoms with van der Waals surface area (Å²) in [4.78, 5) is 12.6. The lowest BCUT2D eigenvalue weighted by atomic mass is 9.83. The molecule has 15 N–H and O–H groups in total. The predicted molar refractivity (Wildman–Crippen MR) is 129 cm³/mol. The molecule has 1 aliphatic carbocycles. The fourth-order valence-electron chi connectivity index (χ4n) is 4.98. The van der Waals surface area contributed by atoms with Crippen LogP contribution < -0.4 is 28.3 Å². The zero-order chi connectivity index (χ0) is 28.1. The topological polar surface area (TPSA) is 291 Å². The lowest BCUT2D eigenvalue weighted by molar-refractivity contribution is -0.318. The smallest absolute Gasteiger partial charge is 0.249 e. The summed E-state index contributed by atoms with van der Waals surface area (Å²) in [6, 6.07) is -3.14. The zero-order valence-corrected chi connectivity index (χ0v) is 21.1. The van der Waals surface area contributed by atoms with E-state index in [1.807, 2.05) is 0 Å². The molecule has 16 nitrogen and oxygen atoms in total. The van der Waals surface area contributed by atoms with Crippen LogP contribution in [0.4, 0.5) is 0 Å². The van der Waals surface area contributed by atoms with E-state index < -0.39 is 92.1 Å². The van der Waals surface area contributed by atoms with Crippen molar-refractivity contribution in [2.24, 2.45) is 22.9 Å². The largest absolute Gasteiger partial charge is 0.394 e. The predicted octanol–water partition coefficient (Wildman–Crippen LogP) is -6.37. The van der Waals surface area contributed by atoms with Gasteiger partial charge in [0.25, 0.3) is 0 Å². The van der Waals surface area contributed by atoms with Crippen molar-refractivity contribution in [3.63, 3.8) is 0 Å². The fraction of sp³-hybridized carbons (Fsp3) is 0.955. The number of aliphatic hydroxyl groups excluding tert-OH is 6. The van der Waals surface area contributed by atoms with Crippen molar-refractivity contribution < 1.29 is 54.4 Å². The van der Waals surface area contributed by atoms with Crippen molar-refractivity contribution in [3.05, 3.63) is 0 Å². The zero-order valence-electron chi connectivity index (χ0n) is 21.1. The number of carbonyl (C=O) groups excluding carboxylic acids is 1. The molecule has 0 spiro atoms. The average Bonchev–Trinajstić information content (AvgIpc) is 2.89. The Kier molecular flexibility index (Phi) is 11.6. The highest BCUT2D eigenvalue weighted by atomic mass is 16.7. The molecule has 3 aliphatic rings. The van der Waals surface area contributed by atoms with Crippen LogP contribution in [0.3, 0.4) is 0 Å². The summed E-state index contributed by atoms with van der Waals surface area (Å²) in [7, 11) is 0. The number of aliphatic hydroxyl groups is 6. The molecule has 0 aromatic heterocycles. The summed E-state index contributed by atoms with van der Waals surface area (Å²) >= 11 is 0.